The monoisotopic (exact) mass is 290 g/mol. The van der Waals surface area contributed by atoms with Crippen LogP contribution in [0, 0.1) is 0 Å². The molecule has 0 aromatic carbocycles. The summed E-state index contributed by atoms with van der Waals surface area (Å²) < 4.78 is 1.93. The van der Waals surface area contributed by atoms with Crippen LogP contribution < -0.4 is 5.32 Å². The zero-order valence-electron chi connectivity index (χ0n) is 11.2. The van der Waals surface area contributed by atoms with Crippen molar-refractivity contribution in [2.75, 3.05) is 6.54 Å². The number of amides is 1. The van der Waals surface area contributed by atoms with Crippen LogP contribution in [0.5, 0.6) is 0 Å². The van der Waals surface area contributed by atoms with Gasteiger partial charge in [0.15, 0.2) is 0 Å². The van der Waals surface area contributed by atoms with Gasteiger partial charge in [0.05, 0.1) is 11.3 Å². The first-order chi connectivity index (χ1) is 9.68. The molecule has 1 saturated carbocycles. The maximum absolute atomic E-state index is 12.3. The molecule has 2 aromatic rings. The molecule has 1 aliphatic rings. The second-order valence-electron chi connectivity index (χ2n) is 5.34. The number of aliphatic hydroxyl groups is 1. The molecule has 0 saturated heterocycles. The molecular formula is C15H18N2O2S. The van der Waals surface area contributed by atoms with E-state index in [0.717, 1.165) is 31.4 Å². The fourth-order valence-electron chi connectivity index (χ4n) is 2.71. The smallest absolute Gasteiger partial charge is 0.263 e. The Morgan fingerprint density at radius 3 is 2.75 bits per heavy atom. The van der Waals surface area contributed by atoms with E-state index >= 15 is 0 Å². The summed E-state index contributed by atoms with van der Waals surface area (Å²) >= 11 is 1.42. The number of hydrogen-bond donors (Lipinski definition) is 2. The molecular weight excluding hydrogens is 272 g/mol. The Morgan fingerprint density at radius 1 is 1.35 bits per heavy atom. The van der Waals surface area contributed by atoms with Crippen LogP contribution >= 0.6 is 11.3 Å². The molecule has 0 spiro atoms. The third-order valence-electron chi connectivity index (χ3n) is 3.85. The predicted molar refractivity (Wildman–Crippen MR) is 79.4 cm³/mol. The maximum Gasteiger partial charge on any atom is 0.263 e. The Labute approximate surface area is 122 Å². The lowest BCUT2D eigenvalue weighted by Crippen LogP contribution is -2.40. The van der Waals surface area contributed by atoms with Gasteiger partial charge in [-0.05, 0) is 36.4 Å². The molecule has 20 heavy (non-hydrogen) atoms. The second kappa shape index (κ2) is 5.42. The lowest BCUT2D eigenvalue weighted by Gasteiger charge is -2.22. The van der Waals surface area contributed by atoms with Crippen LogP contribution in [0.2, 0.25) is 0 Å². The average molecular weight is 290 g/mol. The zero-order chi connectivity index (χ0) is 14.0. The number of thiophene rings is 1. The molecule has 106 valence electrons. The number of rotatable bonds is 4. The molecule has 0 radical (unpaired) electrons. The van der Waals surface area contributed by atoms with E-state index in [0.29, 0.717) is 11.4 Å². The zero-order valence-corrected chi connectivity index (χ0v) is 12.0. The van der Waals surface area contributed by atoms with Gasteiger partial charge in [0.1, 0.15) is 4.88 Å². The van der Waals surface area contributed by atoms with Gasteiger partial charge < -0.3 is 15.0 Å². The molecule has 2 N–H and O–H groups in total. The SMILES string of the molecule is O=C(NCC1(O)CCCC1)c1sccc1-n1cccc1. The van der Waals surface area contributed by atoms with Gasteiger partial charge >= 0.3 is 0 Å². The highest BCUT2D eigenvalue weighted by molar-refractivity contribution is 7.12. The summed E-state index contributed by atoms with van der Waals surface area (Å²) in [6, 6.07) is 5.80. The average Bonchev–Trinajstić information content (AvgIpc) is 3.16. The number of nitrogens with zero attached hydrogens (tertiary/aromatic N) is 1. The van der Waals surface area contributed by atoms with Crippen molar-refractivity contribution in [2.45, 2.75) is 31.3 Å². The highest BCUT2D eigenvalue weighted by Crippen LogP contribution is 2.29. The van der Waals surface area contributed by atoms with E-state index in [2.05, 4.69) is 5.32 Å². The summed E-state index contributed by atoms with van der Waals surface area (Å²) in [6.45, 7) is 0.342. The minimum atomic E-state index is -0.708. The van der Waals surface area contributed by atoms with Crippen LogP contribution in [0.25, 0.3) is 5.69 Å². The van der Waals surface area contributed by atoms with Crippen LogP contribution in [0.1, 0.15) is 35.4 Å². The van der Waals surface area contributed by atoms with Gasteiger partial charge in [-0.3, -0.25) is 4.79 Å². The van der Waals surface area contributed by atoms with Crippen LogP contribution in [0.4, 0.5) is 0 Å². The highest BCUT2D eigenvalue weighted by Gasteiger charge is 2.31. The van der Waals surface area contributed by atoms with Crippen LogP contribution in [0.3, 0.4) is 0 Å². The van der Waals surface area contributed by atoms with E-state index < -0.39 is 5.60 Å². The first-order valence-corrected chi connectivity index (χ1v) is 7.77. The Bertz CT molecular complexity index is 583. The van der Waals surface area contributed by atoms with Crippen LogP contribution in [-0.4, -0.2) is 27.7 Å². The Morgan fingerprint density at radius 2 is 2.05 bits per heavy atom. The Balaban J connectivity index is 1.70. The summed E-state index contributed by atoms with van der Waals surface area (Å²) in [7, 11) is 0. The second-order valence-corrected chi connectivity index (χ2v) is 6.26. The molecule has 4 nitrogen and oxygen atoms in total. The summed E-state index contributed by atoms with van der Waals surface area (Å²) in [5.41, 5.74) is 0.177. The van der Waals surface area contributed by atoms with Gasteiger partial charge in [-0.1, -0.05) is 12.8 Å². The van der Waals surface area contributed by atoms with Gasteiger partial charge in [-0.2, -0.15) is 0 Å². The molecule has 0 bridgehead atoms. The van der Waals surface area contributed by atoms with Crippen LogP contribution in [0.15, 0.2) is 36.0 Å². The highest BCUT2D eigenvalue weighted by atomic mass is 32.1. The maximum atomic E-state index is 12.3. The summed E-state index contributed by atoms with van der Waals surface area (Å²) in [4.78, 5) is 13.0. The van der Waals surface area contributed by atoms with Crippen molar-refractivity contribution in [2.24, 2.45) is 0 Å². The first-order valence-electron chi connectivity index (χ1n) is 6.89. The van der Waals surface area contributed by atoms with Crippen molar-refractivity contribution in [1.82, 2.24) is 9.88 Å². The van der Waals surface area contributed by atoms with E-state index in [9.17, 15) is 9.90 Å². The van der Waals surface area contributed by atoms with Gasteiger partial charge in [0.2, 0.25) is 0 Å². The lowest BCUT2D eigenvalue weighted by atomic mass is 10.0. The number of carbonyl (C=O) groups excluding carboxylic acids is 1. The molecule has 5 heteroatoms. The number of nitrogens with one attached hydrogen (secondary N) is 1. The van der Waals surface area contributed by atoms with Crippen molar-refractivity contribution in [1.29, 1.82) is 0 Å². The molecule has 1 amide bonds. The van der Waals surface area contributed by atoms with E-state index in [1.54, 1.807) is 0 Å². The first kappa shape index (κ1) is 13.4. The molecule has 2 aromatic heterocycles. The summed E-state index contributed by atoms with van der Waals surface area (Å²) in [5.74, 6) is -0.107. The van der Waals surface area contributed by atoms with Crippen molar-refractivity contribution in [3.63, 3.8) is 0 Å². The van der Waals surface area contributed by atoms with Crippen molar-refractivity contribution >= 4 is 17.2 Å². The van der Waals surface area contributed by atoms with Gasteiger partial charge in [0, 0.05) is 18.9 Å². The molecule has 0 atom stereocenters. The quantitative estimate of drug-likeness (QED) is 0.909. The fraction of sp³-hybridized carbons (Fsp3) is 0.400. The number of hydrogen-bond acceptors (Lipinski definition) is 3. The molecule has 3 rings (SSSR count). The number of aromatic nitrogens is 1. The molecule has 2 heterocycles. The van der Waals surface area contributed by atoms with E-state index in [4.69, 9.17) is 0 Å². The Hall–Kier alpha value is -1.59. The minimum Gasteiger partial charge on any atom is -0.388 e. The minimum absolute atomic E-state index is 0.107. The molecule has 1 fully saturated rings. The third kappa shape index (κ3) is 2.64. The molecule has 1 aliphatic carbocycles. The van der Waals surface area contributed by atoms with Crippen LogP contribution in [-0.2, 0) is 0 Å². The lowest BCUT2D eigenvalue weighted by molar-refractivity contribution is 0.0450. The van der Waals surface area contributed by atoms with Crippen molar-refractivity contribution in [3.8, 4) is 5.69 Å². The van der Waals surface area contributed by atoms with E-state index in [1.807, 2.05) is 40.5 Å². The third-order valence-corrected chi connectivity index (χ3v) is 4.75. The predicted octanol–water partition coefficient (Wildman–Crippen LogP) is 2.57. The Kier molecular flexibility index (Phi) is 3.63. The standard InChI is InChI=1S/C15H18N2O2S/c18-14(16-11-15(19)6-1-2-7-15)13-12(5-10-20-13)17-8-3-4-9-17/h3-5,8-10,19H,1-2,6-7,11H2,(H,16,18). The van der Waals surface area contributed by atoms with E-state index in [1.165, 1.54) is 11.3 Å². The fourth-order valence-corrected chi connectivity index (χ4v) is 3.51. The van der Waals surface area contributed by atoms with Crippen molar-refractivity contribution in [3.05, 3.63) is 40.8 Å². The topological polar surface area (TPSA) is 54.3 Å². The van der Waals surface area contributed by atoms with Gasteiger partial charge in [0.25, 0.3) is 5.91 Å². The summed E-state index contributed by atoms with van der Waals surface area (Å²) in [6.07, 6.45) is 7.48. The van der Waals surface area contributed by atoms with E-state index in [-0.39, 0.29) is 5.91 Å². The normalized spacial score (nSPS) is 17.2. The van der Waals surface area contributed by atoms with Gasteiger partial charge in [-0.15, -0.1) is 11.3 Å². The largest absolute Gasteiger partial charge is 0.388 e. The summed E-state index contributed by atoms with van der Waals surface area (Å²) in [5, 5.41) is 15.1. The molecule has 0 aliphatic heterocycles. The van der Waals surface area contributed by atoms with Gasteiger partial charge in [-0.25, -0.2) is 0 Å². The molecule has 0 unspecified atom stereocenters. The number of carbonyl (C=O) groups is 1. The van der Waals surface area contributed by atoms with Crippen molar-refractivity contribution < 1.29 is 9.90 Å².